The molecule has 0 fully saturated rings. The van der Waals surface area contributed by atoms with Gasteiger partial charge in [-0.2, -0.15) is 0 Å². The smallest absolute Gasteiger partial charge is 0.305 e. The molecule has 1 amide bonds. The maximum Gasteiger partial charge on any atom is 0.305 e. The lowest BCUT2D eigenvalue weighted by atomic mass is 10.1. The molecule has 170 valence electrons. The van der Waals surface area contributed by atoms with Gasteiger partial charge < -0.3 is 20.7 Å². The molecule has 0 heterocycles. The van der Waals surface area contributed by atoms with Crippen molar-refractivity contribution in [1.29, 1.82) is 0 Å². The summed E-state index contributed by atoms with van der Waals surface area (Å²) in [5.74, 6) is 0.628. The minimum absolute atomic E-state index is 0. The molecule has 0 aliphatic carbocycles. The van der Waals surface area contributed by atoms with Gasteiger partial charge in [-0.3, -0.25) is 14.6 Å². The quantitative estimate of drug-likeness (QED) is 0.119. The second-order valence-corrected chi connectivity index (χ2v) is 6.69. The predicted molar refractivity (Wildman–Crippen MR) is 133 cm³/mol. The summed E-state index contributed by atoms with van der Waals surface area (Å²) in [4.78, 5) is 27.6. The molecular formula is C22H37IN4O3. The number of aliphatic imine (C=N–C) groups is 1. The van der Waals surface area contributed by atoms with E-state index in [-0.39, 0.29) is 35.9 Å². The van der Waals surface area contributed by atoms with Crippen LogP contribution in [0.1, 0.15) is 61.9 Å². The van der Waals surface area contributed by atoms with Crippen molar-refractivity contribution in [1.82, 2.24) is 16.0 Å². The summed E-state index contributed by atoms with van der Waals surface area (Å²) in [6.45, 7) is 6.61. The third kappa shape index (κ3) is 12.7. The fraction of sp³-hybridized carbons (Fsp3) is 0.591. The molecule has 1 aromatic carbocycles. The summed E-state index contributed by atoms with van der Waals surface area (Å²) in [5, 5.41) is 9.24. The molecule has 0 atom stereocenters. The molecule has 1 rings (SSSR count). The van der Waals surface area contributed by atoms with E-state index in [0.717, 1.165) is 63.3 Å². The number of amides is 1. The fourth-order valence-corrected chi connectivity index (χ4v) is 2.84. The summed E-state index contributed by atoms with van der Waals surface area (Å²) in [5.41, 5.74) is 1.78. The Morgan fingerprint density at radius 1 is 1.07 bits per heavy atom. The maximum absolute atomic E-state index is 11.7. The normalized spacial score (nSPS) is 10.7. The van der Waals surface area contributed by atoms with Crippen molar-refractivity contribution in [3.05, 3.63) is 35.4 Å². The van der Waals surface area contributed by atoms with Crippen LogP contribution >= 0.6 is 24.0 Å². The Kier molecular flexibility index (Phi) is 16.9. The second-order valence-electron chi connectivity index (χ2n) is 6.69. The highest BCUT2D eigenvalue weighted by Gasteiger charge is 2.04. The van der Waals surface area contributed by atoms with Gasteiger partial charge in [-0.15, -0.1) is 24.0 Å². The van der Waals surface area contributed by atoms with E-state index >= 15 is 0 Å². The lowest BCUT2D eigenvalue weighted by Gasteiger charge is -2.11. The van der Waals surface area contributed by atoms with Gasteiger partial charge in [0, 0.05) is 38.7 Å². The molecule has 30 heavy (non-hydrogen) atoms. The van der Waals surface area contributed by atoms with Crippen LogP contribution in [0.2, 0.25) is 0 Å². The van der Waals surface area contributed by atoms with E-state index in [9.17, 15) is 9.59 Å². The Labute approximate surface area is 197 Å². The molecule has 0 aromatic heterocycles. The molecule has 0 unspecified atom stereocenters. The lowest BCUT2D eigenvalue weighted by molar-refractivity contribution is -0.143. The first kappa shape index (κ1) is 28.2. The molecule has 0 spiro atoms. The molecule has 0 aliphatic rings. The van der Waals surface area contributed by atoms with E-state index < -0.39 is 0 Å². The summed E-state index contributed by atoms with van der Waals surface area (Å²) >= 11 is 0. The van der Waals surface area contributed by atoms with E-state index in [2.05, 4.69) is 20.9 Å². The summed E-state index contributed by atoms with van der Waals surface area (Å²) in [6.07, 6.45) is 5.24. The van der Waals surface area contributed by atoms with Crippen LogP contribution in [0.5, 0.6) is 0 Å². The predicted octanol–water partition coefficient (Wildman–Crippen LogP) is 3.28. The Balaban J connectivity index is 0.00000841. The first-order valence-electron chi connectivity index (χ1n) is 10.6. The minimum atomic E-state index is -0.106. The van der Waals surface area contributed by atoms with Crippen LogP contribution in [0.25, 0.3) is 0 Å². The minimum Gasteiger partial charge on any atom is -0.466 e. The standard InChI is InChI=1S/C22H36N4O3.HI/c1-4-24-22(25-15-9-7-6-8-13-20(27)29-5-2)26-16-14-18-11-10-12-19(17-18)21(28)23-3;/h10-12,17H,4-9,13-16H2,1-3H3,(H,23,28)(H2,24,25,26);1H. The second kappa shape index (κ2) is 18.0. The van der Waals surface area contributed by atoms with Gasteiger partial charge in [0.05, 0.1) is 6.61 Å². The summed E-state index contributed by atoms with van der Waals surface area (Å²) in [6, 6.07) is 7.66. The van der Waals surface area contributed by atoms with Gasteiger partial charge in [-0.05, 0) is 50.8 Å². The summed E-state index contributed by atoms with van der Waals surface area (Å²) < 4.78 is 4.92. The van der Waals surface area contributed by atoms with Crippen LogP contribution < -0.4 is 16.0 Å². The van der Waals surface area contributed by atoms with Crippen molar-refractivity contribution in [2.24, 2.45) is 4.99 Å². The number of unbranched alkanes of at least 4 members (excludes halogenated alkanes) is 3. The summed E-state index contributed by atoms with van der Waals surface area (Å²) in [7, 11) is 1.64. The molecule has 7 nitrogen and oxygen atoms in total. The van der Waals surface area contributed by atoms with Crippen LogP contribution in [0.4, 0.5) is 0 Å². The number of guanidine groups is 1. The van der Waals surface area contributed by atoms with Crippen molar-refractivity contribution in [2.75, 3.05) is 33.3 Å². The van der Waals surface area contributed by atoms with Gasteiger partial charge in [-0.1, -0.05) is 25.0 Å². The average molecular weight is 532 g/mol. The number of nitrogens with one attached hydrogen (secondary N) is 3. The first-order chi connectivity index (χ1) is 14.1. The molecule has 1 aromatic rings. The number of nitrogens with zero attached hydrogens (tertiary/aromatic N) is 1. The van der Waals surface area contributed by atoms with E-state index in [1.165, 1.54) is 0 Å². The highest BCUT2D eigenvalue weighted by Crippen LogP contribution is 2.06. The van der Waals surface area contributed by atoms with Crippen LogP contribution in [0.15, 0.2) is 29.3 Å². The number of benzene rings is 1. The first-order valence-corrected chi connectivity index (χ1v) is 10.6. The Hall–Kier alpha value is -1.84. The number of hydrogen-bond donors (Lipinski definition) is 3. The van der Waals surface area contributed by atoms with Crippen molar-refractivity contribution in [3.63, 3.8) is 0 Å². The van der Waals surface area contributed by atoms with Crippen LogP contribution in [0.3, 0.4) is 0 Å². The van der Waals surface area contributed by atoms with Crippen molar-refractivity contribution in [2.45, 2.75) is 52.4 Å². The van der Waals surface area contributed by atoms with Crippen molar-refractivity contribution >= 4 is 41.8 Å². The number of carbonyl (C=O) groups is 2. The molecule has 0 saturated carbocycles. The van der Waals surface area contributed by atoms with E-state index in [1.54, 1.807) is 7.05 Å². The van der Waals surface area contributed by atoms with E-state index in [0.29, 0.717) is 18.6 Å². The molecule has 0 aliphatic heterocycles. The Morgan fingerprint density at radius 3 is 2.53 bits per heavy atom. The van der Waals surface area contributed by atoms with Crippen LogP contribution in [-0.2, 0) is 16.0 Å². The third-order valence-electron chi connectivity index (χ3n) is 4.33. The maximum atomic E-state index is 11.7. The number of esters is 1. The monoisotopic (exact) mass is 532 g/mol. The molecular weight excluding hydrogens is 495 g/mol. The third-order valence-corrected chi connectivity index (χ3v) is 4.33. The number of rotatable bonds is 13. The molecule has 0 saturated heterocycles. The SMILES string of the molecule is CCNC(=NCCCCCCC(=O)OCC)NCCc1cccc(C(=O)NC)c1.I. The van der Waals surface area contributed by atoms with Crippen molar-refractivity contribution < 1.29 is 14.3 Å². The van der Waals surface area contributed by atoms with Crippen LogP contribution in [-0.4, -0.2) is 51.1 Å². The number of hydrogen-bond acceptors (Lipinski definition) is 4. The number of halogens is 1. The van der Waals surface area contributed by atoms with Gasteiger partial charge in [0.2, 0.25) is 0 Å². The van der Waals surface area contributed by atoms with Crippen molar-refractivity contribution in [3.8, 4) is 0 Å². The van der Waals surface area contributed by atoms with Gasteiger partial charge >= 0.3 is 5.97 Å². The Morgan fingerprint density at radius 2 is 1.83 bits per heavy atom. The topological polar surface area (TPSA) is 91.8 Å². The zero-order valence-electron chi connectivity index (χ0n) is 18.5. The van der Waals surface area contributed by atoms with Gasteiger partial charge in [-0.25, -0.2) is 0 Å². The largest absolute Gasteiger partial charge is 0.466 e. The molecule has 8 heteroatoms. The van der Waals surface area contributed by atoms with Crippen LogP contribution in [0, 0.1) is 0 Å². The highest BCUT2D eigenvalue weighted by molar-refractivity contribution is 14.0. The zero-order valence-corrected chi connectivity index (χ0v) is 20.8. The zero-order chi connectivity index (χ0) is 21.3. The number of carbonyl (C=O) groups excluding carboxylic acids is 2. The van der Waals surface area contributed by atoms with E-state index in [4.69, 9.17) is 4.74 Å². The van der Waals surface area contributed by atoms with Gasteiger partial charge in [0.15, 0.2) is 5.96 Å². The number of ether oxygens (including phenoxy) is 1. The fourth-order valence-electron chi connectivity index (χ4n) is 2.84. The van der Waals surface area contributed by atoms with Gasteiger partial charge in [0.25, 0.3) is 5.91 Å². The Bertz CT molecular complexity index is 653. The molecule has 3 N–H and O–H groups in total. The van der Waals surface area contributed by atoms with Gasteiger partial charge in [0.1, 0.15) is 0 Å². The van der Waals surface area contributed by atoms with E-state index in [1.807, 2.05) is 38.1 Å². The average Bonchev–Trinajstić information content (AvgIpc) is 2.72. The molecule has 0 bridgehead atoms. The highest BCUT2D eigenvalue weighted by atomic mass is 127. The lowest BCUT2D eigenvalue weighted by Crippen LogP contribution is -2.38. The molecule has 0 radical (unpaired) electrons.